The van der Waals surface area contributed by atoms with Crippen molar-refractivity contribution in [2.75, 3.05) is 26.0 Å². The number of sulfonamides is 1. The smallest absolute Gasteiger partial charge is 0.312 e. The summed E-state index contributed by atoms with van der Waals surface area (Å²) in [5.74, 6) is 0. The van der Waals surface area contributed by atoms with Crippen molar-refractivity contribution in [1.29, 1.82) is 0 Å². The fraction of sp³-hybridized carbons (Fsp3) is 0.455. The van der Waals surface area contributed by atoms with Crippen LogP contribution in [0, 0.1) is 10.1 Å². The highest BCUT2D eigenvalue weighted by molar-refractivity contribution is 7.89. The maximum atomic E-state index is 12.5. The van der Waals surface area contributed by atoms with Crippen molar-refractivity contribution in [2.24, 2.45) is 0 Å². The maximum Gasteiger partial charge on any atom is 0.312 e. The van der Waals surface area contributed by atoms with Gasteiger partial charge >= 0.3 is 5.69 Å². The number of nitrogen functional groups attached to an aromatic ring is 1. The Balaban J connectivity index is 2.49. The second-order valence-electron chi connectivity index (χ2n) is 4.49. The average Bonchev–Trinajstić information content (AvgIpc) is 2.90. The molecule has 2 N–H and O–H groups in total. The molecule has 1 saturated heterocycles. The normalized spacial score (nSPS) is 19.4. The number of likely N-dealkylation sites (N-methyl/N-ethyl adjacent to an activating group) is 1. The molecule has 1 aromatic carbocycles. The standard InChI is InChI=1S/C11H15N3O5S/c1-13(8-5-6-19-7-8)20(17,18)10-4-2-3-9(12)11(10)14(15)16/h2-4,8H,5-7,12H2,1H3. The van der Waals surface area contributed by atoms with Gasteiger partial charge in [0.15, 0.2) is 4.90 Å². The molecule has 1 aromatic rings. The van der Waals surface area contributed by atoms with Crippen molar-refractivity contribution in [3.8, 4) is 0 Å². The summed E-state index contributed by atoms with van der Waals surface area (Å²) in [5.41, 5.74) is 4.76. The van der Waals surface area contributed by atoms with E-state index < -0.39 is 25.5 Å². The van der Waals surface area contributed by atoms with Gasteiger partial charge in [0.05, 0.1) is 17.6 Å². The first-order chi connectivity index (χ1) is 9.35. The molecule has 110 valence electrons. The van der Waals surface area contributed by atoms with Crippen LogP contribution in [0.1, 0.15) is 6.42 Å². The lowest BCUT2D eigenvalue weighted by Gasteiger charge is -2.22. The fourth-order valence-electron chi connectivity index (χ4n) is 2.10. The minimum Gasteiger partial charge on any atom is -0.393 e. The average molecular weight is 301 g/mol. The van der Waals surface area contributed by atoms with Crippen molar-refractivity contribution in [2.45, 2.75) is 17.4 Å². The summed E-state index contributed by atoms with van der Waals surface area (Å²) in [6.45, 7) is 0.759. The molecule has 0 amide bonds. The fourth-order valence-corrected chi connectivity index (χ4v) is 3.66. The number of rotatable bonds is 4. The zero-order chi connectivity index (χ0) is 14.9. The van der Waals surface area contributed by atoms with Gasteiger partial charge in [-0.05, 0) is 18.6 Å². The van der Waals surface area contributed by atoms with Gasteiger partial charge in [-0.25, -0.2) is 8.42 Å². The first-order valence-corrected chi connectivity index (χ1v) is 7.38. The minimum absolute atomic E-state index is 0.174. The van der Waals surface area contributed by atoms with E-state index in [1.54, 1.807) is 0 Å². The highest BCUT2D eigenvalue weighted by Crippen LogP contribution is 2.32. The van der Waals surface area contributed by atoms with Crippen LogP contribution < -0.4 is 5.73 Å². The molecule has 1 aliphatic heterocycles. The van der Waals surface area contributed by atoms with Crippen LogP contribution in [-0.4, -0.2) is 43.9 Å². The van der Waals surface area contributed by atoms with Gasteiger partial charge in [-0.1, -0.05) is 6.07 Å². The molecule has 0 spiro atoms. The molecule has 8 nitrogen and oxygen atoms in total. The molecule has 0 radical (unpaired) electrons. The van der Waals surface area contributed by atoms with E-state index in [1.165, 1.54) is 25.2 Å². The molecular weight excluding hydrogens is 286 g/mol. The number of para-hydroxylation sites is 1. The molecule has 2 rings (SSSR count). The Hall–Kier alpha value is -1.71. The van der Waals surface area contributed by atoms with E-state index in [0.717, 1.165) is 4.31 Å². The Kier molecular flexibility index (Phi) is 3.93. The molecule has 20 heavy (non-hydrogen) atoms. The van der Waals surface area contributed by atoms with Gasteiger partial charge in [-0.3, -0.25) is 10.1 Å². The van der Waals surface area contributed by atoms with Crippen LogP contribution in [0.2, 0.25) is 0 Å². The third-order valence-electron chi connectivity index (χ3n) is 3.29. The number of anilines is 1. The first kappa shape index (κ1) is 14.7. The van der Waals surface area contributed by atoms with Gasteiger partial charge in [0.1, 0.15) is 5.69 Å². The lowest BCUT2D eigenvalue weighted by atomic mass is 10.3. The number of benzene rings is 1. The SMILES string of the molecule is CN(C1CCOC1)S(=O)(=O)c1cccc(N)c1[N+](=O)[O-]. The van der Waals surface area contributed by atoms with Gasteiger partial charge < -0.3 is 10.5 Å². The number of nitro benzene ring substituents is 1. The number of nitrogens with two attached hydrogens (primary N) is 1. The predicted octanol–water partition coefficient (Wildman–Crippen LogP) is 0.586. The second kappa shape index (κ2) is 5.35. The van der Waals surface area contributed by atoms with E-state index in [2.05, 4.69) is 0 Å². The lowest BCUT2D eigenvalue weighted by Crippen LogP contribution is -2.37. The topological polar surface area (TPSA) is 116 Å². The Morgan fingerprint density at radius 3 is 2.75 bits per heavy atom. The molecule has 0 aromatic heterocycles. The molecule has 1 atom stereocenters. The molecule has 0 aliphatic carbocycles. The van der Waals surface area contributed by atoms with Crippen LogP contribution in [0.5, 0.6) is 0 Å². The molecule has 0 bridgehead atoms. The summed E-state index contributed by atoms with van der Waals surface area (Å²) >= 11 is 0. The van der Waals surface area contributed by atoms with Gasteiger partial charge in [0.25, 0.3) is 0 Å². The van der Waals surface area contributed by atoms with Crippen LogP contribution in [0.15, 0.2) is 23.1 Å². The zero-order valence-corrected chi connectivity index (χ0v) is 11.7. The van der Waals surface area contributed by atoms with Crippen LogP contribution in [0.4, 0.5) is 11.4 Å². The first-order valence-electron chi connectivity index (χ1n) is 5.94. The van der Waals surface area contributed by atoms with Gasteiger partial charge in [0, 0.05) is 13.7 Å². The van der Waals surface area contributed by atoms with Gasteiger partial charge in [-0.15, -0.1) is 0 Å². The van der Waals surface area contributed by atoms with E-state index in [0.29, 0.717) is 13.0 Å². The van der Waals surface area contributed by atoms with E-state index >= 15 is 0 Å². The Bertz CT molecular complexity index is 625. The third kappa shape index (κ3) is 2.47. The summed E-state index contributed by atoms with van der Waals surface area (Å²) in [7, 11) is -2.60. The summed E-state index contributed by atoms with van der Waals surface area (Å²) < 4.78 is 31.3. The van der Waals surface area contributed by atoms with Gasteiger partial charge in [-0.2, -0.15) is 4.31 Å². The third-order valence-corrected chi connectivity index (χ3v) is 5.23. The highest BCUT2D eigenvalue weighted by Gasteiger charge is 2.36. The number of nitro groups is 1. The van der Waals surface area contributed by atoms with Crippen molar-refractivity contribution in [3.05, 3.63) is 28.3 Å². The summed E-state index contributed by atoms with van der Waals surface area (Å²) in [4.78, 5) is 9.88. The van der Waals surface area contributed by atoms with Crippen molar-refractivity contribution in [1.82, 2.24) is 4.31 Å². The van der Waals surface area contributed by atoms with Crippen LogP contribution in [0.3, 0.4) is 0 Å². The van der Waals surface area contributed by atoms with Gasteiger partial charge in [0.2, 0.25) is 10.0 Å². The largest absolute Gasteiger partial charge is 0.393 e. The van der Waals surface area contributed by atoms with Crippen molar-refractivity contribution in [3.63, 3.8) is 0 Å². The summed E-state index contributed by atoms with van der Waals surface area (Å²) in [6, 6.07) is 3.56. The molecule has 1 fully saturated rings. The summed E-state index contributed by atoms with van der Waals surface area (Å²) in [6.07, 6.45) is 0.561. The quantitative estimate of drug-likeness (QED) is 0.494. The number of hydrogen-bond donors (Lipinski definition) is 1. The molecule has 1 unspecified atom stereocenters. The number of nitrogens with zero attached hydrogens (tertiary/aromatic N) is 2. The molecule has 0 saturated carbocycles. The molecule has 1 aliphatic rings. The van der Waals surface area contributed by atoms with E-state index in [4.69, 9.17) is 10.5 Å². The monoisotopic (exact) mass is 301 g/mol. The Morgan fingerprint density at radius 1 is 1.50 bits per heavy atom. The molecular formula is C11H15N3O5S. The summed E-state index contributed by atoms with van der Waals surface area (Å²) in [5, 5.41) is 11.1. The Morgan fingerprint density at radius 2 is 2.20 bits per heavy atom. The van der Waals surface area contributed by atoms with Crippen LogP contribution in [0.25, 0.3) is 0 Å². The molecule has 1 heterocycles. The highest BCUT2D eigenvalue weighted by atomic mass is 32.2. The maximum absolute atomic E-state index is 12.5. The van der Waals surface area contributed by atoms with Crippen LogP contribution >= 0.6 is 0 Å². The van der Waals surface area contributed by atoms with E-state index in [9.17, 15) is 18.5 Å². The van der Waals surface area contributed by atoms with Crippen LogP contribution in [-0.2, 0) is 14.8 Å². The zero-order valence-electron chi connectivity index (χ0n) is 10.9. The predicted molar refractivity (Wildman–Crippen MR) is 71.7 cm³/mol. The van der Waals surface area contributed by atoms with Crippen molar-refractivity contribution >= 4 is 21.4 Å². The minimum atomic E-state index is -3.99. The molecule has 9 heteroatoms. The number of hydrogen-bond acceptors (Lipinski definition) is 6. The Labute approximate surface area is 116 Å². The van der Waals surface area contributed by atoms with E-state index in [-0.39, 0.29) is 18.3 Å². The second-order valence-corrected chi connectivity index (χ2v) is 6.46. The van der Waals surface area contributed by atoms with E-state index in [1.807, 2.05) is 0 Å². The lowest BCUT2D eigenvalue weighted by molar-refractivity contribution is -0.386. The number of ether oxygens (including phenoxy) is 1. The van der Waals surface area contributed by atoms with Crippen molar-refractivity contribution < 1.29 is 18.1 Å².